The first-order valence-corrected chi connectivity index (χ1v) is 7.27. The summed E-state index contributed by atoms with van der Waals surface area (Å²) in [7, 11) is 1.89. The number of para-hydroxylation sites is 1. The van der Waals surface area contributed by atoms with E-state index in [0.717, 1.165) is 0 Å². The van der Waals surface area contributed by atoms with Crippen LogP contribution < -0.4 is 11.1 Å². The van der Waals surface area contributed by atoms with E-state index in [9.17, 15) is 10.2 Å². The van der Waals surface area contributed by atoms with Crippen molar-refractivity contribution in [3.8, 4) is 11.5 Å². The third-order valence-corrected chi connectivity index (χ3v) is 3.78. The molecule has 0 saturated heterocycles. The van der Waals surface area contributed by atoms with Crippen LogP contribution in [0.1, 0.15) is 19.4 Å². The Morgan fingerprint density at radius 3 is 2.64 bits per heavy atom. The number of phenols is 2. The molecule has 0 saturated carbocycles. The molecule has 1 aliphatic rings. The Kier molecular flexibility index (Phi) is 4.75. The van der Waals surface area contributed by atoms with E-state index in [1.165, 1.54) is 6.07 Å². The molecule has 5 N–H and O–H groups in total. The summed E-state index contributed by atoms with van der Waals surface area (Å²) in [6.07, 6.45) is 0.568. The molecule has 0 spiro atoms. The molecule has 0 amide bonds. The number of benzene rings is 1. The number of nitrogens with one attached hydrogen (secondary N) is 1. The largest absolute Gasteiger partial charge is 0.504 e. The number of rotatable bonds is 3. The van der Waals surface area contributed by atoms with Crippen LogP contribution in [0.3, 0.4) is 0 Å². The summed E-state index contributed by atoms with van der Waals surface area (Å²) in [5, 5.41) is 22.3. The van der Waals surface area contributed by atoms with Gasteiger partial charge >= 0.3 is 0 Å². The molecule has 1 aromatic rings. The van der Waals surface area contributed by atoms with Gasteiger partial charge in [-0.1, -0.05) is 12.1 Å². The highest BCUT2D eigenvalue weighted by atomic mass is 16.3. The van der Waals surface area contributed by atoms with Crippen LogP contribution in [0.25, 0.3) is 0 Å². The number of hydrogen-bond acceptors (Lipinski definition) is 7. The van der Waals surface area contributed by atoms with Gasteiger partial charge in [-0.2, -0.15) is 0 Å². The zero-order chi connectivity index (χ0) is 16.3. The van der Waals surface area contributed by atoms with Crippen LogP contribution in [0.5, 0.6) is 11.5 Å². The molecule has 1 heterocycles. The van der Waals surface area contributed by atoms with E-state index in [1.54, 1.807) is 12.1 Å². The predicted molar refractivity (Wildman–Crippen MR) is 87.2 cm³/mol. The van der Waals surface area contributed by atoms with Crippen molar-refractivity contribution in [3.05, 3.63) is 23.8 Å². The number of aromatic hydroxyl groups is 2. The molecule has 1 aromatic carbocycles. The van der Waals surface area contributed by atoms with E-state index < -0.39 is 0 Å². The van der Waals surface area contributed by atoms with Crippen molar-refractivity contribution >= 4 is 11.9 Å². The van der Waals surface area contributed by atoms with Crippen molar-refractivity contribution < 1.29 is 10.2 Å². The lowest BCUT2D eigenvalue weighted by Gasteiger charge is -2.22. The van der Waals surface area contributed by atoms with E-state index in [1.807, 2.05) is 25.8 Å². The molecule has 2 atom stereocenters. The van der Waals surface area contributed by atoms with Crippen LogP contribution in [-0.4, -0.2) is 52.7 Å². The van der Waals surface area contributed by atoms with Crippen LogP contribution >= 0.6 is 0 Å². The molecular formula is C15H23N5O2. The monoisotopic (exact) mass is 305 g/mol. The summed E-state index contributed by atoms with van der Waals surface area (Å²) >= 11 is 0. The fourth-order valence-corrected chi connectivity index (χ4v) is 2.17. The maximum absolute atomic E-state index is 9.83. The Morgan fingerprint density at radius 2 is 1.91 bits per heavy atom. The van der Waals surface area contributed by atoms with E-state index in [2.05, 4.69) is 15.3 Å². The average Bonchev–Trinajstić information content (AvgIpc) is 2.59. The molecule has 2 unspecified atom stereocenters. The number of phenolic OH excluding ortho intramolecular Hbond substituents is 2. The Bertz CT molecular complexity index is 600. The van der Waals surface area contributed by atoms with Crippen molar-refractivity contribution in [3.63, 3.8) is 0 Å². The summed E-state index contributed by atoms with van der Waals surface area (Å²) in [5.74, 6) is 0.819. The summed E-state index contributed by atoms with van der Waals surface area (Å²) < 4.78 is 0. The van der Waals surface area contributed by atoms with Gasteiger partial charge in [-0.15, -0.1) is 0 Å². The van der Waals surface area contributed by atoms with E-state index in [-0.39, 0.29) is 23.6 Å². The molecular weight excluding hydrogens is 282 g/mol. The fraction of sp³-hybridized carbons (Fsp3) is 0.467. The van der Waals surface area contributed by atoms with Gasteiger partial charge in [-0.25, -0.2) is 9.98 Å². The van der Waals surface area contributed by atoms with Gasteiger partial charge in [-0.3, -0.25) is 5.32 Å². The van der Waals surface area contributed by atoms with Gasteiger partial charge in [0.2, 0.25) is 5.96 Å². The van der Waals surface area contributed by atoms with Gasteiger partial charge in [0, 0.05) is 13.6 Å². The number of likely N-dealkylation sites (N-methyl/N-ethyl adjacent to an activating group) is 1. The lowest BCUT2D eigenvalue weighted by molar-refractivity contribution is 0.396. The fourth-order valence-electron chi connectivity index (χ4n) is 2.17. The van der Waals surface area contributed by atoms with Crippen molar-refractivity contribution in [2.45, 2.75) is 32.4 Å². The van der Waals surface area contributed by atoms with E-state index in [4.69, 9.17) is 5.73 Å². The molecule has 0 fully saturated rings. The molecule has 120 valence electrons. The van der Waals surface area contributed by atoms with E-state index in [0.29, 0.717) is 30.4 Å². The van der Waals surface area contributed by atoms with Crippen LogP contribution in [-0.2, 0) is 6.42 Å². The minimum absolute atomic E-state index is 0.0218. The van der Waals surface area contributed by atoms with E-state index >= 15 is 0 Å². The number of guanidine groups is 2. The molecule has 2 rings (SSSR count). The van der Waals surface area contributed by atoms with Crippen molar-refractivity contribution in [1.29, 1.82) is 0 Å². The number of hydrogen-bond donors (Lipinski definition) is 4. The van der Waals surface area contributed by atoms with Gasteiger partial charge < -0.3 is 20.8 Å². The topological polar surface area (TPSA) is 106 Å². The third kappa shape index (κ3) is 3.60. The Morgan fingerprint density at radius 1 is 1.23 bits per heavy atom. The Hall–Kier alpha value is -2.44. The smallest absolute Gasteiger partial charge is 0.200 e. The molecule has 22 heavy (non-hydrogen) atoms. The Labute approximate surface area is 130 Å². The molecule has 0 aliphatic carbocycles. The first-order valence-electron chi connectivity index (χ1n) is 7.27. The number of aliphatic imine (C=N–C) groups is 2. The first-order chi connectivity index (χ1) is 10.4. The summed E-state index contributed by atoms with van der Waals surface area (Å²) in [4.78, 5) is 10.8. The second kappa shape index (κ2) is 6.55. The van der Waals surface area contributed by atoms with Gasteiger partial charge in [0.05, 0.1) is 12.1 Å². The highest BCUT2D eigenvalue weighted by Crippen LogP contribution is 2.28. The minimum Gasteiger partial charge on any atom is -0.504 e. The lowest BCUT2D eigenvalue weighted by Crippen LogP contribution is -2.45. The quantitative estimate of drug-likeness (QED) is 0.613. The second-order valence-electron chi connectivity index (χ2n) is 5.53. The maximum atomic E-state index is 9.83. The van der Waals surface area contributed by atoms with Crippen molar-refractivity contribution in [2.24, 2.45) is 15.7 Å². The zero-order valence-electron chi connectivity index (χ0n) is 13.1. The van der Waals surface area contributed by atoms with Gasteiger partial charge in [0.15, 0.2) is 17.5 Å². The lowest BCUT2D eigenvalue weighted by atomic mass is 10.1. The maximum Gasteiger partial charge on any atom is 0.200 e. The SMILES string of the molecule is CC1N=C(N)NC(N(C)CCc2cccc(O)c2O)=NC1C. The van der Waals surface area contributed by atoms with Crippen molar-refractivity contribution in [2.75, 3.05) is 13.6 Å². The van der Waals surface area contributed by atoms with Crippen molar-refractivity contribution in [1.82, 2.24) is 10.2 Å². The molecule has 0 radical (unpaired) electrons. The Balaban J connectivity index is 2.06. The third-order valence-electron chi connectivity index (χ3n) is 3.78. The van der Waals surface area contributed by atoms with Crippen LogP contribution in [0.15, 0.2) is 28.2 Å². The molecule has 7 heteroatoms. The molecule has 7 nitrogen and oxygen atoms in total. The van der Waals surface area contributed by atoms with Gasteiger partial charge in [0.1, 0.15) is 0 Å². The molecule has 0 aromatic heterocycles. The molecule has 0 bridgehead atoms. The highest BCUT2D eigenvalue weighted by Gasteiger charge is 2.19. The second-order valence-corrected chi connectivity index (χ2v) is 5.53. The predicted octanol–water partition coefficient (Wildman–Crippen LogP) is 0.623. The summed E-state index contributed by atoms with van der Waals surface area (Å²) in [6, 6.07) is 5.00. The number of nitrogens with two attached hydrogens (primary N) is 1. The highest BCUT2D eigenvalue weighted by molar-refractivity contribution is 5.98. The minimum atomic E-state index is -0.107. The summed E-state index contributed by atoms with van der Waals surface area (Å²) in [6.45, 7) is 4.57. The normalized spacial score (nSPS) is 21.4. The molecule has 1 aliphatic heterocycles. The van der Waals surface area contributed by atoms with Crippen LogP contribution in [0.4, 0.5) is 0 Å². The number of nitrogens with zero attached hydrogens (tertiary/aromatic N) is 3. The van der Waals surface area contributed by atoms with Crippen LogP contribution in [0.2, 0.25) is 0 Å². The van der Waals surface area contributed by atoms with Gasteiger partial charge in [-0.05, 0) is 31.9 Å². The van der Waals surface area contributed by atoms with Crippen LogP contribution in [0, 0.1) is 0 Å². The first kappa shape index (κ1) is 15.9. The average molecular weight is 305 g/mol. The standard InChI is InChI=1S/C15H23N5O2/c1-9-10(2)18-15(19-14(16)17-9)20(3)8-7-11-5-4-6-12(21)13(11)22/h4-6,9-10,21-22H,7-8H2,1-3H3,(H3,16,17,18,19). The summed E-state index contributed by atoms with van der Waals surface area (Å²) in [5.41, 5.74) is 6.51. The zero-order valence-corrected chi connectivity index (χ0v) is 13.1. The van der Waals surface area contributed by atoms with Gasteiger partial charge in [0.25, 0.3) is 0 Å².